The average molecular weight is 576 g/mol. The van der Waals surface area contributed by atoms with Gasteiger partial charge in [-0.25, -0.2) is 22.6 Å². The minimum Gasteiger partial charge on any atom is -0.493 e. The highest BCUT2D eigenvalue weighted by molar-refractivity contribution is 8.14. The lowest BCUT2D eigenvalue weighted by molar-refractivity contribution is -0.114. The van der Waals surface area contributed by atoms with Crippen molar-refractivity contribution in [1.29, 1.82) is 0 Å². The van der Waals surface area contributed by atoms with E-state index >= 15 is 0 Å². The van der Waals surface area contributed by atoms with Crippen LogP contribution in [-0.2, 0) is 9.59 Å². The van der Waals surface area contributed by atoms with E-state index in [0.717, 1.165) is 11.8 Å². The maximum atomic E-state index is 14.0. The Morgan fingerprint density at radius 2 is 1.55 bits per heavy atom. The second-order valence-corrected chi connectivity index (χ2v) is 8.98. The van der Waals surface area contributed by atoms with E-state index in [4.69, 9.17) is 14.2 Å². The summed E-state index contributed by atoms with van der Waals surface area (Å²) in [7, 11) is 4.34. The van der Waals surface area contributed by atoms with E-state index in [0.29, 0.717) is 28.5 Å². The van der Waals surface area contributed by atoms with Crippen molar-refractivity contribution in [2.45, 2.75) is 0 Å². The van der Waals surface area contributed by atoms with Crippen molar-refractivity contribution in [3.8, 4) is 17.2 Å². The minimum atomic E-state index is -1.74. The third-order valence-corrected chi connectivity index (χ3v) is 6.48. The number of nitrogens with zero attached hydrogens (tertiary/aromatic N) is 2. The molecule has 8 nitrogen and oxygen atoms in total. The Bertz CT molecular complexity index is 1480. The standard InChI is InChI=1S/C27H21F4N3O5S/c1-37-19-10-14(11-20(38-2)25(19)39-3)9-18-26(36)34(15-7-5-4-6-8-15)27(32-18)40-13-21(35)33-24-22(30)16(28)12-17(29)23(24)31/h4-12H,13H2,1-3H3,(H,33,35)/b18-9-. The van der Waals surface area contributed by atoms with Crippen LogP contribution >= 0.6 is 11.8 Å². The van der Waals surface area contributed by atoms with Gasteiger partial charge >= 0.3 is 0 Å². The second-order valence-electron chi connectivity index (χ2n) is 8.04. The van der Waals surface area contributed by atoms with Crippen molar-refractivity contribution in [1.82, 2.24) is 0 Å². The first kappa shape index (κ1) is 28.5. The van der Waals surface area contributed by atoms with Gasteiger partial charge in [-0.1, -0.05) is 30.0 Å². The Labute approximate surface area is 230 Å². The van der Waals surface area contributed by atoms with Crippen LogP contribution in [0.15, 0.2) is 59.2 Å². The molecule has 1 aliphatic heterocycles. The molecule has 0 saturated carbocycles. The lowest BCUT2D eigenvalue weighted by Crippen LogP contribution is -2.31. The van der Waals surface area contributed by atoms with Crippen molar-refractivity contribution < 1.29 is 41.4 Å². The van der Waals surface area contributed by atoms with Gasteiger partial charge in [0.25, 0.3) is 5.91 Å². The number of aliphatic imine (C=N–C) groups is 1. The molecule has 0 radical (unpaired) electrons. The molecule has 3 aromatic carbocycles. The van der Waals surface area contributed by atoms with E-state index in [1.54, 1.807) is 42.5 Å². The predicted octanol–water partition coefficient (Wildman–Crippen LogP) is 5.38. The number of amidine groups is 1. The third kappa shape index (κ3) is 5.73. The van der Waals surface area contributed by atoms with Crippen molar-refractivity contribution in [3.05, 3.63) is 83.1 Å². The van der Waals surface area contributed by atoms with Crippen LogP contribution in [0, 0.1) is 23.3 Å². The van der Waals surface area contributed by atoms with E-state index in [1.165, 1.54) is 32.3 Å². The summed E-state index contributed by atoms with van der Waals surface area (Å²) in [5.41, 5.74) is -0.310. The van der Waals surface area contributed by atoms with Gasteiger partial charge in [0.15, 0.2) is 39.9 Å². The number of anilines is 2. The smallest absolute Gasteiger partial charge is 0.283 e. The molecule has 0 atom stereocenters. The van der Waals surface area contributed by atoms with Crippen LogP contribution < -0.4 is 24.4 Å². The number of benzene rings is 3. The highest BCUT2D eigenvalue weighted by atomic mass is 32.2. The van der Waals surface area contributed by atoms with Gasteiger partial charge in [-0.15, -0.1) is 0 Å². The number of hydrogen-bond donors (Lipinski definition) is 1. The van der Waals surface area contributed by atoms with Gasteiger partial charge in [-0.3, -0.25) is 14.5 Å². The fraction of sp³-hybridized carbons (Fsp3) is 0.148. The summed E-state index contributed by atoms with van der Waals surface area (Å²) >= 11 is 0.774. The molecule has 1 N–H and O–H groups in total. The van der Waals surface area contributed by atoms with Crippen LogP contribution in [0.3, 0.4) is 0 Å². The first-order valence-electron chi connectivity index (χ1n) is 11.4. The minimum absolute atomic E-state index is 0.00493. The van der Waals surface area contributed by atoms with Gasteiger partial charge in [0.1, 0.15) is 11.4 Å². The maximum absolute atomic E-state index is 14.0. The highest BCUT2D eigenvalue weighted by Gasteiger charge is 2.33. The van der Waals surface area contributed by atoms with Crippen molar-refractivity contribution in [2.24, 2.45) is 4.99 Å². The highest BCUT2D eigenvalue weighted by Crippen LogP contribution is 2.39. The molecule has 0 spiro atoms. The van der Waals surface area contributed by atoms with Crippen LogP contribution in [-0.4, -0.2) is 44.1 Å². The van der Waals surface area contributed by atoms with E-state index in [1.807, 2.05) is 5.32 Å². The summed E-state index contributed by atoms with van der Waals surface area (Å²) in [6.07, 6.45) is 1.48. The number of nitrogens with one attached hydrogen (secondary N) is 1. The molecule has 4 rings (SSSR count). The summed E-state index contributed by atoms with van der Waals surface area (Å²) < 4.78 is 71.0. The first-order valence-corrected chi connectivity index (χ1v) is 12.4. The lowest BCUT2D eigenvalue weighted by atomic mass is 10.1. The molecule has 0 aromatic heterocycles. The number of ether oxygens (including phenoxy) is 3. The Morgan fingerprint density at radius 1 is 0.950 bits per heavy atom. The number of rotatable bonds is 8. The molecular formula is C27H21F4N3O5S. The Morgan fingerprint density at radius 3 is 2.10 bits per heavy atom. The molecule has 0 fully saturated rings. The lowest BCUT2D eigenvalue weighted by Gasteiger charge is -2.17. The Balaban J connectivity index is 1.64. The fourth-order valence-electron chi connectivity index (χ4n) is 3.73. The van der Waals surface area contributed by atoms with Crippen LogP contribution in [0.4, 0.5) is 28.9 Å². The van der Waals surface area contributed by atoms with Gasteiger partial charge in [0.2, 0.25) is 11.7 Å². The molecule has 0 bridgehead atoms. The van der Waals surface area contributed by atoms with E-state index in [2.05, 4.69) is 4.99 Å². The van der Waals surface area contributed by atoms with Gasteiger partial charge in [0.05, 0.1) is 32.8 Å². The molecule has 0 saturated heterocycles. The van der Waals surface area contributed by atoms with Crippen molar-refractivity contribution in [2.75, 3.05) is 37.3 Å². The summed E-state index contributed by atoms with van der Waals surface area (Å²) in [5, 5.41) is 1.91. The molecule has 1 heterocycles. The number of para-hydroxylation sites is 1. The van der Waals surface area contributed by atoms with Crippen LogP contribution in [0.5, 0.6) is 17.2 Å². The zero-order valence-electron chi connectivity index (χ0n) is 21.3. The van der Waals surface area contributed by atoms with Crippen LogP contribution in [0.1, 0.15) is 5.56 Å². The second kappa shape index (κ2) is 12.1. The molecule has 208 valence electrons. The number of halogens is 4. The Hall–Kier alpha value is -4.52. The SMILES string of the molecule is COc1cc(/C=C2\N=C(SCC(=O)Nc3c(F)c(F)cc(F)c3F)N(c3ccccc3)C2=O)cc(OC)c1OC. The molecule has 3 aromatic rings. The Kier molecular flexibility index (Phi) is 8.63. The summed E-state index contributed by atoms with van der Waals surface area (Å²) in [5.74, 6) is -7.76. The molecule has 1 aliphatic rings. The summed E-state index contributed by atoms with van der Waals surface area (Å²) in [6.45, 7) is 0. The number of amides is 2. The van der Waals surface area contributed by atoms with Gasteiger partial charge < -0.3 is 19.5 Å². The van der Waals surface area contributed by atoms with Gasteiger partial charge in [0, 0.05) is 6.07 Å². The topological polar surface area (TPSA) is 89.5 Å². The van der Waals surface area contributed by atoms with Crippen molar-refractivity contribution in [3.63, 3.8) is 0 Å². The number of hydrogen-bond acceptors (Lipinski definition) is 7. The molecule has 2 amide bonds. The van der Waals surface area contributed by atoms with Gasteiger partial charge in [-0.05, 0) is 35.9 Å². The monoisotopic (exact) mass is 575 g/mol. The maximum Gasteiger partial charge on any atom is 0.283 e. The number of thioether (sulfide) groups is 1. The van der Waals surface area contributed by atoms with E-state index in [-0.39, 0.29) is 16.9 Å². The van der Waals surface area contributed by atoms with Gasteiger partial charge in [-0.2, -0.15) is 0 Å². The summed E-state index contributed by atoms with van der Waals surface area (Å²) in [6, 6.07) is 11.7. The number of methoxy groups -OCH3 is 3. The number of carbonyl (C=O) groups is 2. The molecule has 40 heavy (non-hydrogen) atoms. The zero-order valence-corrected chi connectivity index (χ0v) is 22.1. The average Bonchev–Trinajstić information content (AvgIpc) is 3.27. The predicted molar refractivity (Wildman–Crippen MR) is 143 cm³/mol. The molecule has 0 aliphatic carbocycles. The fourth-order valence-corrected chi connectivity index (χ4v) is 4.54. The van der Waals surface area contributed by atoms with Crippen molar-refractivity contribution >= 4 is 46.2 Å². The zero-order chi connectivity index (χ0) is 29.0. The molecule has 13 heteroatoms. The molecule has 0 unspecified atom stereocenters. The van der Waals surface area contributed by atoms with E-state index < -0.39 is 46.5 Å². The van der Waals surface area contributed by atoms with Crippen LogP contribution in [0.25, 0.3) is 6.08 Å². The summed E-state index contributed by atoms with van der Waals surface area (Å²) in [4.78, 5) is 31.5. The normalized spacial score (nSPS) is 13.9. The van der Waals surface area contributed by atoms with Crippen LogP contribution in [0.2, 0.25) is 0 Å². The van der Waals surface area contributed by atoms with E-state index in [9.17, 15) is 27.2 Å². The number of carbonyl (C=O) groups excluding carboxylic acids is 2. The largest absolute Gasteiger partial charge is 0.493 e. The first-order chi connectivity index (χ1) is 19.2. The molecular weight excluding hydrogens is 554 g/mol. The quantitative estimate of drug-likeness (QED) is 0.220. The third-order valence-electron chi connectivity index (χ3n) is 5.54.